The lowest BCUT2D eigenvalue weighted by atomic mass is 10.1. The normalized spacial score (nSPS) is 13.3. The summed E-state index contributed by atoms with van der Waals surface area (Å²) in [5, 5.41) is 0. The Morgan fingerprint density at radius 2 is 0.929 bits per heavy atom. The van der Waals surface area contributed by atoms with Crippen molar-refractivity contribution in [1.29, 1.82) is 0 Å². The molecule has 0 heterocycles. The Hall–Kier alpha value is 0.150. The molecule has 0 spiro atoms. The first kappa shape index (κ1) is 28.1. The van der Waals surface area contributed by atoms with E-state index in [1.807, 2.05) is 55.4 Å². The molecule has 0 saturated carbocycles. The van der Waals surface area contributed by atoms with Crippen LogP contribution in [-0.2, 0) is 19.4 Å². The minimum Gasteiger partial charge on any atom is -0.237 e. The van der Waals surface area contributed by atoms with Gasteiger partial charge in [0.15, 0.2) is 0 Å². The van der Waals surface area contributed by atoms with Gasteiger partial charge in [0.1, 0.15) is 16.2 Å². The van der Waals surface area contributed by atoms with Gasteiger partial charge in [0.2, 0.25) is 0 Å². The average molecular weight is 426 g/mol. The molecule has 28 heavy (non-hydrogen) atoms. The Morgan fingerprint density at radius 3 is 1.25 bits per heavy atom. The fourth-order valence-corrected chi connectivity index (χ4v) is 4.85. The summed E-state index contributed by atoms with van der Waals surface area (Å²) in [6, 6.07) is 0. The molecule has 170 valence electrons. The highest BCUT2D eigenvalue weighted by Gasteiger charge is 2.58. The molecule has 0 aromatic heterocycles. The smallest absolute Gasteiger partial charge is 0.237 e. The number of nitrogens with zero attached hydrogens (tertiary/aromatic N) is 2. The standard InChI is InChI=1S/C20H46N2O5P/c1-10-11-12-13-14-15-16-28(23,21(24-17(2)3)25-18(4)5)22(26-19(6)7)27-20(8)9/h17-20,23H,10-16H2,1-9H3/q+1. The lowest BCUT2D eigenvalue weighted by Crippen LogP contribution is -2.42. The van der Waals surface area contributed by atoms with Gasteiger partial charge in [-0.25, -0.2) is 24.2 Å². The largest absolute Gasteiger partial charge is 0.399 e. The van der Waals surface area contributed by atoms with Crippen LogP contribution in [0, 0.1) is 0 Å². The van der Waals surface area contributed by atoms with Crippen LogP contribution in [0.2, 0.25) is 0 Å². The first-order valence-electron chi connectivity index (χ1n) is 10.9. The van der Waals surface area contributed by atoms with Crippen LogP contribution in [0.4, 0.5) is 0 Å². The van der Waals surface area contributed by atoms with Crippen molar-refractivity contribution in [2.75, 3.05) is 6.16 Å². The third-order valence-electron chi connectivity index (χ3n) is 3.54. The van der Waals surface area contributed by atoms with Crippen LogP contribution in [0.15, 0.2) is 0 Å². The Bertz CT molecular complexity index is 340. The molecule has 0 saturated heterocycles. The summed E-state index contributed by atoms with van der Waals surface area (Å²) >= 11 is 0. The first-order chi connectivity index (χ1) is 13.0. The summed E-state index contributed by atoms with van der Waals surface area (Å²) in [5.74, 6) is 0. The second-order valence-corrected chi connectivity index (χ2v) is 10.8. The lowest BCUT2D eigenvalue weighted by molar-refractivity contribution is -0.382. The predicted molar refractivity (Wildman–Crippen MR) is 116 cm³/mol. The molecular weight excluding hydrogens is 379 g/mol. The van der Waals surface area contributed by atoms with Gasteiger partial charge in [0.25, 0.3) is 0 Å². The molecule has 0 aliphatic rings. The molecule has 0 radical (unpaired) electrons. The first-order valence-corrected chi connectivity index (χ1v) is 12.7. The second-order valence-electron chi connectivity index (χ2n) is 8.28. The van der Waals surface area contributed by atoms with Crippen LogP contribution >= 0.6 is 7.79 Å². The molecule has 0 atom stereocenters. The zero-order valence-electron chi connectivity index (χ0n) is 19.7. The highest BCUT2D eigenvalue weighted by atomic mass is 31.2. The molecule has 0 aliphatic carbocycles. The fourth-order valence-electron chi connectivity index (χ4n) is 2.40. The van der Waals surface area contributed by atoms with Gasteiger partial charge in [-0.2, -0.15) is 0 Å². The van der Waals surface area contributed by atoms with Crippen molar-refractivity contribution < 1.29 is 24.2 Å². The monoisotopic (exact) mass is 425 g/mol. The van der Waals surface area contributed by atoms with Crippen molar-refractivity contribution >= 4 is 7.79 Å². The fraction of sp³-hybridized carbons (Fsp3) is 1.00. The predicted octanol–water partition coefficient (Wildman–Crippen LogP) is 6.07. The van der Waals surface area contributed by atoms with Crippen LogP contribution in [0.1, 0.15) is 101 Å². The Kier molecular flexibility index (Phi) is 15.1. The maximum atomic E-state index is 11.8. The van der Waals surface area contributed by atoms with E-state index in [0.717, 1.165) is 19.3 Å². The number of hydrogen-bond acceptors (Lipinski definition) is 7. The highest BCUT2D eigenvalue weighted by Crippen LogP contribution is 2.63. The lowest BCUT2D eigenvalue weighted by Gasteiger charge is -2.35. The van der Waals surface area contributed by atoms with Crippen molar-refractivity contribution in [2.24, 2.45) is 0 Å². The number of rotatable bonds is 17. The third-order valence-corrected chi connectivity index (χ3v) is 5.88. The SMILES string of the molecule is CCCCCCCC[P+](O)(N(OC(C)C)OC(C)C)N(OC(C)C)OC(C)C. The molecule has 0 bridgehead atoms. The van der Waals surface area contributed by atoms with Gasteiger partial charge in [-0.1, -0.05) is 32.6 Å². The summed E-state index contributed by atoms with van der Waals surface area (Å²) < 4.78 is 0. The highest BCUT2D eigenvalue weighted by molar-refractivity contribution is 7.65. The van der Waals surface area contributed by atoms with Crippen molar-refractivity contribution in [1.82, 2.24) is 9.99 Å². The summed E-state index contributed by atoms with van der Waals surface area (Å²) in [5.41, 5.74) is 0. The molecular formula is C20H46N2O5P+. The van der Waals surface area contributed by atoms with Crippen LogP contribution in [0.5, 0.6) is 0 Å². The van der Waals surface area contributed by atoms with Gasteiger partial charge in [-0.15, -0.1) is 0 Å². The van der Waals surface area contributed by atoms with Crippen molar-refractivity contribution in [3.05, 3.63) is 0 Å². The van der Waals surface area contributed by atoms with E-state index >= 15 is 0 Å². The van der Waals surface area contributed by atoms with E-state index < -0.39 is 7.79 Å². The zero-order chi connectivity index (χ0) is 21.7. The zero-order valence-corrected chi connectivity index (χ0v) is 20.6. The van der Waals surface area contributed by atoms with E-state index in [9.17, 15) is 4.89 Å². The number of unbranched alkanes of at least 4 members (excludes halogenated alkanes) is 5. The molecule has 0 aromatic carbocycles. The maximum absolute atomic E-state index is 11.8. The van der Waals surface area contributed by atoms with Gasteiger partial charge in [-0.3, -0.25) is 0 Å². The molecule has 0 aliphatic heterocycles. The van der Waals surface area contributed by atoms with E-state index in [4.69, 9.17) is 19.4 Å². The summed E-state index contributed by atoms with van der Waals surface area (Å²) in [4.78, 5) is 37.8. The van der Waals surface area contributed by atoms with Crippen molar-refractivity contribution in [3.8, 4) is 0 Å². The molecule has 0 amide bonds. The minimum atomic E-state index is -3.18. The molecule has 1 N–H and O–H groups in total. The molecule has 0 unspecified atom stereocenters. The summed E-state index contributed by atoms with van der Waals surface area (Å²) in [6.07, 6.45) is 6.55. The van der Waals surface area contributed by atoms with E-state index in [-0.39, 0.29) is 24.4 Å². The topological polar surface area (TPSA) is 63.6 Å². The molecule has 7 nitrogen and oxygen atoms in total. The van der Waals surface area contributed by atoms with Gasteiger partial charge in [0, 0.05) is 0 Å². The van der Waals surface area contributed by atoms with Crippen molar-refractivity contribution in [3.63, 3.8) is 0 Å². The number of hydrogen-bond donors (Lipinski definition) is 1. The van der Waals surface area contributed by atoms with E-state index in [1.165, 1.54) is 29.3 Å². The van der Waals surface area contributed by atoms with Gasteiger partial charge in [-0.05, 0) is 68.2 Å². The Balaban J connectivity index is 5.51. The molecule has 0 aromatic rings. The third kappa shape index (κ3) is 12.0. The average Bonchev–Trinajstić information content (AvgIpc) is 2.55. The Morgan fingerprint density at radius 1 is 0.607 bits per heavy atom. The van der Waals surface area contributed by atoms with Crippen LogP contribution in [-0.4, -0.2) is 45.5 Å². The quantitative estimate of drug-likeness (QED) is 0.172. The molecule has 8 heteroatoms. The minimum absolute atomic E-state index is 0.158. The second kappa shape index (κ2) is 15.0. The van der Waals surface area contributed by atoms with Crippen LogP contribution in [0.25, 0.3) is 0 Å². The summed E-state index contributed by atoms with van der Waals surface area (Å²) in [6.45, 7) is 17.5. The van der Waals surface area contributed by atoms with E-state index in [2.05, 4.69) is 6.92 Å². The summed E-state index contributed by atoms with van der Waals surface area (Å²) in [7, 11) is -3.18. The van der Waals surface area contributed by atoms with Crippen LogP contribution in [0.3, 0.4) is 0 Å². The van der Waals surface area contributed by atoms with Gasteiger partial charge < -0.3 is 0 Å². The van der Waals surface area contributed by atoms with Crippen LogP contribution < -0.4 is 0 Å². The van der Waals surface area contributed by atoms with Gasteiger partial charge >= 0.3 is 7.79 Å². The van der Waals surface area contributed by atoms with E-state index in [0.29, 0.717) is 6.16 Å². The maximum Gasteiger partial charge on any atom is 0.399 e. The van der Waals surface area contributed by atoms with E-state index in [1.54, 1.807) is 0 Å². The molecule has 0 rings (SSSR count). The molecule has 0 fully saturated rings. The van der Waals surface area contributed by atoms with Crippen molar-refractivity contribution in [2.45, 2.75) is 125 Å². The Labute approximate surface area is 174 Å². The van der Waals surface area contributed by atoms with Gasteiger partial charge in [0.05, 0.1) is 24.4 Å².